The zero-order chi connectivity index (χ0) is 18.9. The second-order valence-corrected chi connectivity index (χ2v) is 5.83. The molecule has 0 aliphatic heterocycles. The van der Waals surface area contributed by atoms with Gasteiger partial charge in [-0.3, -0.25) is 9.59 Å². The number of hydrogen-bond donors (Lipinski definition) is 2. The number of benzene rings is 2. The van der Waals surface area contributed by atoms with Gasteiger partial charge in [-0.1, -0.05) is 48.5 Å². The van der Waals surface area contributed by atoms with Crippen LogP contribution >= 0.6 is 0 Å². The van der Waals surface area contributed by atoms with Crippen molar-refractivity contribution in [3.63, 3.8) is 0 Å². The molecule has 0 bridgehead atoms. The van der Waals surface area contributed by atoms with Gasteiger partial charge >= 0.3 is 0 Å². The van der Waals surface area contributed by atoms with Crippen molar-refractivity contribution < 1.29 is 14.0 Å². The third kappa shape index (κ3) is 5.40. The molecule has 0 fully saturated rings. The highest BCUT2D eigenvalue weighted by atomic mass is 16.3. The third-order valence-corrected chi connectivity index (χ3v) is 3.85. The van der Waals surface area contributed by atoms with Crippen molar-refractivity contribution in [3.05, 3.63) is 95.9 Å². The Morgan fingerprint density at radius 1 is 0.963 bits per heavy atom. The molecule has 2 aromatic carbocycles. The second-order valence-electron chi connectivity index (χ2n) is 5.83. The lowest BCUT2D eigenvalue weighted by Crippen LogP contribution is -2.46. The molecule has 0 aliphatic carbocycles. The maximum Gasteiger partial charge on any atom is 0.262 e. The molecule has 0 aliphatic rings. The van der Waals surface area contributed by atoms with Crippen molar-refractivity contribution in [1.82, 2.24) is 10.7 Å². The van der Waals surface area contributed by atoms with E-state index in [-0.39, 0.29) is 5.91 Å². The molecule has 0 saturated heterocycles. The van der Waals surface area contributed by atoms with Gasteiger partial charge < -0.3 is 9.73 Å². The second kappa shape index (κ2) is 9.15. The van der Waals surface area contributed by atoms with Crippen molar-refractivity contribution in [2.45, 2.75) is 12.5 Å². The smallest absolute Gasteiger partial charge is 0.262 e. The fourth-order valence-electron chi connectivity index (χ4n) is 2.49. The Kier molecular flexibility index (Phi) is 6.14. The van der Waals surface area contributed by atoms with Crippen molar-refractivity contribution >= 4 is 18.0 Å². The summed E-state index contributed by atoms with van der Waals surface area (Å²) in [4.78, 5) is 25.0. The first-order valence-electron chi connectivity index (χ1n) is 8.48. The lowest BCUT2D eigenvalue weighted by molar-refractivity contribution is -0.122. The Morgan fingerprint density at radius 3 is 2.33 bits per heavy atom. The van der Waals surface area contributed by atoms with Gasteiger partial charge in [-0.2, -0.15) is 5.10 Å². The molecule has 0 saturated carbocycles. The van der Waals surface area contributed by atoms with Crippen LogP contribution < -0.4 is 10.7 Å². The summed E-state index contributed by atoms with van der Waals surface area (Å²) in [6.45, 7) is 0. The number of furan rings is 1. The number of hydrazone groups is 1. The van der Waals surface area contributed by atoms with Crippen molar-refractivity contribution in [2.75, 3.05) is 0 Å². The van der Waals surface area contributed by atoms with E-state index in [0.717, 1.165) is 5.56 Å². The van der Waals surface area contributed by atoms with E-state index in [1.165, 1.54) is 12.5 Å². The Hall–Kier alpha value is -3.67. The molecule has 6 nitrogen and oxygen atoms in total. The molecule has 0 spiro atoms. The van der Waals surface area contributed by atoms with E-state index in [1.807, 2.05) is 36.4 Å². The average molecular weight is 361 g/mol. The Morgan fingerprint density at radius 2 is 1.67 bits per heavy atom. The normalized spacial score (nSPS) is 11.9. The zero-order valence-corrected chi connectivity index (χ0v) is 14.5. The molecule has 2 N–H and O–H groups in total. The molecule has 1 atom stereocenters. The summed E-state index contributed by atoms with van der Waals surface area (Å²) in [5, 5.41) is 6.66. The average Bonchev–Trinajstić information content (AvgIpc) is 3.22. The molecule has 27 heavy (non-hydrogen) atoms. The van der Waals surface area contributed by atoms with Crippen LogP contribution in [0.1, 0.15) is 21.7 Å². The maximum atomic E-state index is 12.6. The molecule has 3 rings (SSSR count). The first-order chi connectivity index (χ1) is 13.2. The summed E-state index contributed by atoms with van der Waals surface area (Å²) in [5.74, 6) is -0.212. The summed E-state index contributed by atoms with van der Waals surface area (Å²) in [6.07, 6.45) is 3.26. The van der Waals surface area contributed by atoms with Crippen molar-refractivity contribution in [1.29, 1.82) is 0 Å². The number of nitrogens with zero attached hydrogens (tertiary/aromatic N) is 1. The van der Waals surface area contributed by atoms with Crippen LogP contribution in [-0.4, -0.2) is 24.1 Å². The third-order valence-electron chi connectivity index (χ3n) is 3.85. The van der Waals surface area contributed by atoms with E-state index < -0.39 is 11.9 Å². The van der Waals surface area contributed by atoms with Gasteiger partial charge in [0.2, 0.25) is 0 Å². The van der Waals surface area contributed by atoms with Crippen LogP contribution in [0.3, 0.4) is 0 Å². The van der Waals surface area contributed by atoms with Crippen LogP contribution in [-0.2, 0) is 11.2 Å². The number of carbonyl (C=O) groups is 2. The monoisotopic (exact) mass is 361 g/mol. The van der Waals surface area contributed by atoms with Gasteiger partial charge in [0, 0.05) is 12.0 Å². The molecule has 0 unspecified atom stereocenters. The summed E-state index contributed by atoms with van der Waals surface area (Å²) in [5.41, 5.74) is 3.87. The summed E-state index contributed by atoms with van der Waals surface area (Å²) < 4.78 is 5.12. The van der Waals surface area contributed by atoms with Crippen LogP contribution in [0.25, 0.3) is 0 Å². The van der Waals surface area contributed by atoms with E-state index in [2.05, 4.69) is 15.8 Å². The van der Waals surface area contributed by atoms with Gasteiger partial charge in [0.1, 0.15) is 11.8 Å². The number of carbonyl (C=O) groups excluding carboxylic acids is 2. The number of rotatable bonds is 7. The molecule has 1 aromatic heterocycles. The van der Waals surface area contributed by atoms with Crippen molar-refractivity contribution in [3.8, 4) is 0 Å². The van der Waals surface area contributed by atoms with E-state index in [0.29, 0.717) is 17.7 Å². The predicted octanol–water partition coefficient (Wildman–Crippen LogP) is 2.77. The van der Waals surface area contributed by atoms with Crippen LogP contribution in [0.4, 0.5) is 0 Å². The van der Waals surface area contributed by atoms with Gasteiger partial charge in [-0.15, -0.1) is 0 Å². The lowest BCUT2D eigenvalue weighted by atomic mass is 10.0. The standard InChI is InChI=1S/C21H19N3O3/c25-20(17-10-5-2-6-11-17)23-19(14-16-8-3-1-4-9-16)21(26)24-22-15-18-12-7-13-27-18/h1-13,15,19H,14H2,(H,23,25)(H,24,26)/t19-/m1/s1. The molecule has 3 aromatic rings. The van der Waals surface area contributed by atoms with E-state index in [1.54, 1.807) is 36.4 Å². The minimum Gasteiger partial charge on any atom is -0.463 e. The minimum atomic E-state index is -0.770. The molecule has 136 valence electrons. The molecule has 6 heteroatoms. The topological polar surface area (TPSA) is 83.7 Å². The number of nitrogens with one attached hydrogen (secondary N) is 2. The highest BCUT2D eigenvalue weighted by Gasteiger charge is 2.21. The van der Waals surface area contributed by atoms with Gasteiger partial charge in [-0.05, 0) is 29.8 Å². The molecular formula is C21H19N3O3. The van der Waals surface area contributed by atoms with Gasteiger partial charge in [0.05, 0.1) is 12.5 Å². The molecule has 1 heterocycles. The van der Waals surface area contributed by atoms with Gasteiger partial charge in [0.15, 0.2) is 0 Å². The summed E-state index contributed by atoms with van der Waals surface area (Å²) in [7, 11) is 0. The highest BCUT2D eigenvalue weighted by Crippen LogP contribution is 2.06. The van der Waals surface area contributed by atoms with E-state index in [4.69, 9.17) is 4.42 Å². The Balaban J connectivity index is 1.70. The molecule has 0 radical (unpaired) electrons. The quantitative estimate of drug-likeness (QED) is 0.501. The van der Waals surface area contributed by atoms with Gasteiger partial charge in [0.25, 0.3) is 11.8 Å². The van der Waals surface area contributed by atoms with Crippen LogP contribution in [0, 0.1) is 0 Å². The Bertz CT molecular complexity index is 891. The highest BCUT2D eigenvalue weighted by molar-refractivity contribution is 5.97. The number of amides is 2. The fourth-order valence-corrected chi connectivity index (χ4v) is 2.49. The van der Waals surface area contributed by atoms with E-state index in [9.17, 15) is 9.59 Å². The first kappa shape index (κ1) is 18.1. The van der Waals surface area contributed by atoms with Crippen LogP contribution in [0.2, 0.25) is 0 Å². The van der Waals surface area contributed by atoms with Gasteiger partial charge in [-0.25, -0.2) is 5.43 Å². The zero-order valence-electron chi connectivity index (χ0n) is 14.5. The predicted molar refractivity (Wildman–Crippen MR) is 102 cm³/mol. The van der Waals surface area contributed by atoms with Crippen molar-refractivity contribution in [2.24, 2.45) is 5.10 Å². The summed E-state index contributed by atoms with van der Waals surface area (Å²) >= 11 is 0. The first-order valence-corrected chi connectivity index (χ1v) is 8.48. The molecular weight excluding hydrogens is 342 g/mol. The minimum absolute atomic E-state index is 0.318. The summed E-state index contributed by atoms with van der Waals surface area (Å²) in [6, 6.07) is 20.9. The SMILES string of the molecule is O=C(N[C@H](Cc1ccccc1)C(=O)NN=Cc1ccco1)c1ccccc1. The fraction of sp³-hybridized carbons (Fsp3) is 0.0952. The Labute approximate surface area is 156 Å². The van der Waals surface area contributed by atoms with Crippen LogP contribution in [0.5, 0.6) is 0 Å². The lowest BCUT2D eigenvalue weighted by Gasteiger charge is -2.17. The molecule has 2 amide bonds. The number of hydrogen-bond acceptors (Lipinski definition) is 4. The maximum absolute atomic E-state index is 12.6. The van der Waals surface area contributed by atoms with E-state index >= 15 is 0 Å². The van der Waals surface area contributed by atoms with Crippen LogP contribution in [0.15, 0.2) is 88.6 Å². The largest absolute Gasteiger partial charge is 0.463 e.